The third-order valence-electron chi connectivity index (χ3n) is 6.72. The molecular weight excluding hydrogens is 538 g/mol. The number of aliphatic hydroxyl groups is 3. The minimum atomic E-state index is -1.60. The lowest BCUT2D eigenvalue weighted by molar-refractivity contribution is -0.130. The number of aliphatic imine (C=N–C) groups is 1. The normalized spacial score (nSPS) is 17.9. The second kappa shape index (κ2) is 14.8. The van der Waals surface area contributed by atoms with Crippen LogP contribution in [0.4, 0.5) is 5.69 Å². The minimum absolute atomic E-state index is 0.0255. The molecule has 0 aromatic heterocycles. The standard InChI is InChI=1S/C31H33N5O6/c32-36-35-27-12-5-4-11-26(27)28-31(30(40)33-24(20-38)21-39,17-6-10-22-8-2-1-3-9-22)34-29(42-28)23-13-15-25(16-14-23)41-19-7-18-37/h1-6,8-16,24,28,37-39H,7,17-21H2,(H,33,40)/b10-6+/t28-,31-/m1/s1. The molecule has 1 amide bonds. The van der Waals surface area contributed by atoms with Crippen LogP contribution >= 0.6 is 0 Å². The first kappa shape index (κ1) is 30.3. The quantitative estimate of drug-likeness (QED) is 0.0977. The molecule has 0 unspecified atom stereocenters. The van der Waals surface area contributed by atoms with Crippen molar-refractivity contribution < 1.29 is 29.6 Å². The second-order valence-corrected chi connectivity index (χ2v) is 9.59. The minimum Gasteiger partial charge on any atom is -0.494 e. The number of azide groups is 1. The molecular formula is C31H33N5O6. The molecule has 0 aliphatic carbocycles. The lowest BCUT2D eigenvalue weighted by Gasteiger charge is -2.31. The molecule has 0 fully saturated rings. The number of hydrogen-bond donors (Lipinski definition) is 4. The number of nitrogens with one attached hydrogen (secondary N) is 1. The molecule has 3 aromatic rings. The van der Waals surface area contributed by atoms with Gasteiger partial charge in [0.1, 0.15) is 5.75 Å². The lowest BCUT2D eigenvalue weighted by atomic mass is 9.83. The highest BCUT2D eigenvalue weighted by atomic mass is 16.5. The van der Waals surface area contributed by atoms with Crippen molar-refractivity contribution in [3.05, 3.63) is 112 Å². The van der Waals surface area contributed by atoms with Crippen molar-refractivity contribution in [2.45, 2.75) is 30.5 Å². The Balaban J connectivity index is 1.81. The Labute approximate surface area is 243 Å². The summed E-state index contributed by atoms with van der Waals surface area (Å²) in [6.07, 6.45) is 3.25. The van der Waals surface area contributed by atoms with Crippen LogP contribution in [0.2, 0.25) is 0 Å². The first-order chi connectivity index (χ1) is 20.5. The molecule has 218 valence electrons. The van der Waals surface area contributed by atoms with Gasteiger partial charge in [-0.2, -0.15) is 0 Å². The van der Waals surface area contributed by atoms with Crippen LogP contribution in [0, 0.1) is 0 Å². The summed E-state index contributed by atoms with van der Waals surface area (Å²) in [5.41, 5.74) is 9.86. The van der Waals surface area contributed by atoms with E-state index in [1.165, 1.54) is 0 Å². The summed E-state index contributed by atoms with van der Waals surface area (Å²) in [5.74, 6) is 0.207. The van der Waals surface area contributed by atoms with Crippen molar-refractivity contribution in [2.24, 2.45) is 10.1 Å². The van der Waals surface area contributed by atoms with E-state index in [4.69, 9.17) is 19.6 Å². The number of carbonyl (C=O) groups is 1. The predicted molar refractivity (Wildman–Crippen MR) is 158 cm³/mol. The second-order valence-electron chi connectivity index (χ2n) is 9.59. The zero-order valence-electron chi connectivity index (χ0n) is 22.9. The largest absolute Gasteiger partial charge is 0.494 e. The number of aliphatic hydroxyl groups excluding tert-OH is 3. The van der Waals surface area contributed by atoms with E-state index in [-0.39, 0.29) is 24.6 Å². The Morgan fingerprint density at radius 2 is 1.79 bits per heavy atom. The molecule has 3 aromatic carbocycles. The van der Waals surface area contributed by atoms with Gasteiger partial charge in [-0.25, -0.2) is 4.99 Å². The molecule has 0 spiro atoms. The molecule has 1 heterocycles. The SMILES string of the molecule is [N-]=[N+]=Nc1ccccc1[C@H]1OC(c2ccc(OCCCO)cc2)=N[C@@]1(C/C=C/c1ccccc1)C(=O)NC(CO)CO. The smallest absolute Gasteiger partial charge is 0.253 e. The fraction of sp³-hybridized carbons (Fsp3) is 0.290. The number of hydrogen-bond acceptors (Lipinski definition) is 8. The highest BCUT2D eigenvalue weighted by Gasteiger charge is 2.53. The van der Waals surface area contributed by atoms with Crippen LogP contribution in [-0.4, -0.2) is 65.1 Å². The van der Waals surface area contributed by atoms with E-state index in [0.717, 1.165) is 5.56 Å². The van der Waals surface area contributed by atoms with Crippen LogP contribution < -0.4 is 10.1 Å². The zero-order chi connectivity index (χ0) is 29.8. The average molecular weight is 572 g/mol. The van der Waals surface area contributed by atoms with Gasteiger partial charge in [0, 0.05) is 41.2 Å². The van der Waals surface area contributed by atoms with E-state index in [1.807, 2.05) is 42.5 Å². The van der Waals surface area contributed by atoms with Gasteiger partial charge >= 0.3 is 0 Å². The van der Waals surface area contributed by atoms with Gasteiger partial charge in [0.05, 0.1) is 25.9 Å². The van der Waals surface area contributed by atoms with Crippen molar-refractivity contribution in [1.82, 2.24) is 5.32 Å². The van der Waals surface area contributed by atoms with E-state index in [9.17, 15) is 20.5 Å². The van der Waals surface area contributed by atoms with Gasteiger partial charge in [0.2, 0.25) is 5.90 Å². The molecule has 11 heteroatoms. The zero-order valence-corrected chi connectivity index (χ0v) is 22.9. The molecule has 0 radical (unpaired) electrons. The Hall–Kier alpha value is -4.67. The number of ether oxygens (including phenoxy) is 2. The van der Waals surface area contributed by atoms with Crippen LogP contribution in [0.5, 0.6) is 5.75 Å². The van der Waals surface area contributed by atoms with Gasteiger partial charge in [0.25, 0.3) is 5.91 Å². The molecule has 42 heavy (non-hydrogen) atoms. The molecule has 1 aliphatic rings. The van der Waals surface area contributed by atoms with Crippen molar-refractivity contribution >= 4 is 23.6 Å². The van der Waals surface area contributed by atoms with E-state index in [1.54, 1.807) is 48.5 Å². The Kier molecular flexibility index (Phi) is 10.7. The van der Waals surface area contributed by atoms with Crippen LogP contribution in [0.15, 0.2) is 95.0 Å². The van der Waals surface area contributed by atoms with E-state index < -0.39 is 36.8 Å². The number of carbonyl (C=O) groups excluding carboxylic acids is 1. The van der Waals surface area contributed by atoms with Gasteiger partial charge in [-0.3, -0.25) is 4.79 Å². The number of amides is 1. The highest BCUT2D eigenvalue weighted by molar-refractivity contribution is 6.01. The number of nitrogens with zero attached hydrogens (tertiary/aromatic N) is 4. The summed E-state index contributed by atoms with van der Waals surface area (Å²) in [4.78, 5) is 21.9. The Bertz CT molecular complexity index is 1440. The number of benzene rings is 3. The molecule has 0 saturated carbocycles. The third kappa shape index (κ3) is 7.15. The maximum atomic E-state index is 14.1. The van der Waals surface area contributed by atoms with E-state index in [0.29, 0.717) is 29.9 Å². The number of rotatable bonds is 14. The molecule has 2 atom stereocenters. The van der Waals surface area contributed by atoms with E-state index in [2.05, 4.69) is 15.3 Å². The first-order valence-corrected chi connectivity index (χ1v) is 13.5. The Morgan fingerprint density at radius 1 is 1.07 bits per heavy atom. The topological polar surface area (TPSA) is 169 Å². The fourth-order valence-electron chi connectivity index (χ4n) is 4.54. The first-order valence-electron chi connectivity index (χ1n) is 13.5. The average Bonchev–Trinajstić information content (AvgIpc) is 3.41. The Morgan fingerprint density at radius 3 is 2.48 bits per heavy atom. The van der Waals surface area contributed by atoms with Crippen LogP contribution in [0.3, 0.4) is 0 Å². The summed E-state index contributed by atoms with van der Waals surface area (Å²) >= 11 is 0. The maximum absolute atomic E-state index is 14.1. The lowest BCUT2D eigenvalue weighted by Crippen LogP contribution is -2.53. The van der Waals surface area contributed by atoms with Crippen LogP contribution in [0.25, 0.3) is 16.5 Å². The highest BCUT2D eigenvalue weighted by Crippen LogP contribution is 2.45. The van der Waals surface area contributed by atoms with Crippen LogP contribution in [0.1, 0.15) is 35.6 Å². The van der Waals surface area contributed by atoms with Crippen molar-refractivity contribution in [2.75, 3.05) is 26.4 Å². The molecule has 0 saturated heterocycles. The van der Waals surface area contributed by atoms with Crippen LogP contribution in [-0.2, 0) is 9.53 Å². The molecule has 11 nitrogen and oxygen atoms in total. The maximum Gasteiger partial charge on any atom is 0.253 e. The molecule has 4 rings (SSSR count). The van der Waals surface area contributed by atoms with Gasteiger partial charge in [-0.1, -0.05) is 71.9 Å². The van der Waals surface area contributed by atoms with Crippen molar-refractivity contribution in [1.29, 1.82) is 0 Å². The third-order valence-corrected chi connectivity index (χ3v) is 6.72. The van der Waals surface area contributed by atoms with Gasteiger partial charge in [-0.05, 0) is 35.4 Å². The van der Waals surface area contributed by atoms with E-state index >= 15 is 0 Å². The summed E-state index contributed by atoms with van der Waals surface area (Å²) in [7, 11) is 0. The van der Waals surface area contributed by atoms with Gasteiger partial charge in [0.15, 0.2) is 11.6 Å². The van der Waals surface area contributed by atoms with Crippen molar-refractivity contribution in [3.63, 3.8) is 0 Å². The van der Waals surface area contributed by atoms with Gasteiger partial charge in [-0.15, -0.1) is 0 Å². The molecule has 0 bridgehead atoms. The van der Waals surface area contributed by atoms with Gasteiger partial charge < -0.3 is 30.1 Å². The molecule has 1 aliphatic heterocycles. The summed E-state index contributed by atoms with van der Waals surface area (Å²) in [6, 6.07) is 22.4. The fourth-order valence-corrected chi connectivity index (χ4v) is 4.54. The summed E-state index contributed by atoms with van der Waals surface area (Å²) in [5, 5.41) is 35.0. The predicted octanol–water partition coefficient (Wildman–Crippen LogP) is 4.22. The summed E-state index contributed by atoms with van der Waals surface area (Å²) in [6.45, 7) is -0.572. The monoisotopic (exact) mass is 571 g/mol. The summed E-state index contributed by atoms with van der Waals surface area (Å²) < 4.78 is 12.1. The molecule has 4 N–H and O–H groups in total. The van der Waals surface area contributed by atoms with Crippen molar-refractivity contribution in [3.8, 4) is 5.75 Å².